The molecule has 0 bridgehead atoms. The fourth-order valence-electron chi connectivity index (χ4n) is 4.18. The van der Waals surface area contributed by atoms with Crippen LogP contribution in [0.4, 0.5) is 5.69 Å². The molecule has 0 aliphatic rings. The fraction of sp³-hybridized carbons (Fsp3) is 0.379. The summed E-state index contributed by atoms with van der Waals surface area (Å²) in [5.74, 6) is 1.13. The summed E-state index contributed by atoms with van der Waals surface area (Å²) in [6, 6.07) is 13.3. The van der Waals surface area contributed by atoms with Gasteiger partial charge in [-0.1, -0.05) is 19.1 Å². The van der Waals surface area contributed by atoms with Crippen LogP contribution in [0.15, 0.2) is 59.2 Å². The van der Waals surface area contributed by atoms with Crippen molar-refractivity contribution >= 4 is 17.5 Å². The lowest BCUT2D eigenvalue weighted by Crippen LogP contribution is -2.46. The molecule has 1 unspecified atom stereocenters. The lowest BCUT2D eigenvalue weighted by molar-refractivity contribution is -0.385. The average molecular weight is 538 g/mol. The van der Waals surface area contributed by atoms with Crippen LogP contribution in [0.5, 0.6) is 11.5 Å². The molecule has 0 N–H and O–H groups in total. The molecule has 10 heteroatoms. The second-order valence-corrected chi connectivity index (χ2v) is 9.28. The van der Waals surface area contributed by atoms with Crippen molar-refractivity contribution in [2.24, 2.45) is 0 Å². The van der Waals surface area contributed by atoms with E-state index in [9.17, 15) is 19.7 Å². The Hall–Kier alpha value is -4.34. The highest BCUT2D eigenvalue weighted by molar-refractivity contribution is 5.97. The van der Waals surface area contributed by atoms with E-state index in [1.807, 2.05) is 32.0 Å². The molecule has 3 aromatic rings. The zero-order chi connectivity index (χ0) is 28.5. The predicted molar refractivity (Wildman–Crippen MR) is 146 cm³/mol. The third kappa shape index (κ3) is 7.37. The molecule has 0 saturated heterocycles. The molecule has 0 fully saturated rings. The Morgan fingerprint density at radius 2 is 1.82 bits per heavy atom. The number of amides is 2. The number of rotatable bonds is 13. The van der Waals surface area contributed by atoms with Gasteiger partial charge in [0.05, 0.1) is 32.0 Å². The first-order chi connectivity index (χ1) is 18.7. The molecular formula is C29H35N3O7. The van der Waals surface area contributed by atoms with E-state index < -0.39 is 10.8 Å². The zero-order valence-electron chi connectivity index (χ0n) is 23.0. The Balaban J connectivity index is 1.84. The Bertz CT molecular complexity index is 1290. The summed E-state index contributed by atoms with van der Waals surface area (Å²) in [4.78, 5) is 41.2. The maximum Gasteiger partial charge on any atom is 0.273 e. The molecule has 0 aliphatic carbocycles. The van der Waals surface area contributed by atoms with Gasteiger partial charge < -0.3 is 23.7 Å². The summed E-state index contributed by atoms with van der Waals surface area (Å²) < 4.78 is 16.2. The zero-order valence-corrected chi connectivity index (χ0v) is 23.0. The van der Waals surface area contributed by atoms with E-state index >= 15 is 0 Å². The number of methoxy groups -OCH3 is 2. The van der Waals surface area contributed by atoms with E-state index in [0.29, 0.717) is 42.2 Å². The smallest absolute Gasteiger partial charge is 0.273 e. The van der Waals surface area contributed by atoms with Crippen molar-refractivity contribution in [2.45, 2.75) is 46.2 Å². The molecule has 0 aliphatic heterocycles. The van der Waals surface area contributed by atoms with Gasteiger partial charge in [0.2, 0.25) is 5.91 Å². The first-order valence-electron chi connectivity index (χ1n) is 12.8. The Labute approximate surface area is 228 Å². The molecule has 2 amide bonds. The van der Waals surface area contributed by atoms with E-state index in [-0.39, 0.29) is 36.3 Å². The number of benzene rings is 2. The minimum Gasteiger partial charge on any atom is -0.493 e. The molecule has 0 spiro atoms. The van der Waals surface area contributed by atoms with Gasteiger partial charge in [-0.25, -0.2) is 0 Å². The van der Waals surface area contributed by atoms with Crippen LogP contribution in [-0.4, -0.2) is 59.9 Å². The fourth-order valence-corrected chi connectivity index (χ4v) is 4.18. The highest BCUT2D eigenvalue weighted by atomic mass is 16.6. The lowest BCUT2D eigenvalue weighted by Gasteiger charge is -2.31. The number of ether oxygens (including phenoxy) is 2. The summed E-state index contributed by atoms with van der Waals surface area (Å²) in [6.45, 7) is 5.82. The third-order valence-electron chi connectivity index (χ3n) is 6.74. The molecule has 10 nitrogen and oxygen atoms in total. The van der Waals surface area contributed by atoms with Crippen LogP contribution in [0.2, 0.25) is 0 Å². The maximum absolute atomic E-state index is 13.6. The molecule has 1 heterocycles. The summed E-state index contributed by atoms with van der Waals surface area (Å²) in [5.41, 5.74) is 1.45. The number of hydrogen-bond donors (Lipinski definition) is 0. The van der Waals surface area contributed by atoms with E-state index in [2.05, 4.69) is 0 Å². The topological polar surface area (TPSA) is 115 Å². The van der Waals surface area contributed by atoms with Gasteiger partial charge in [-0.15, -0.1) is 0 Å². The molecule has 39 heavy (non-hydrogen) atoms. The monoisotopic (exact) mass is 537 g/mol. The SMILES string of the molecule is CCC(C)N(CC(=O)N(CCc1ccc(OC)c(OC)c1)Cc1ccco1)C(=O)c1ccc(C)c([N+](=O)[O-])c1. The molecular weight excluding hydrogens is 502 g/mol. The Kier molecular flexibility index (Phi) is 10.1. The van der Waals surface area contributed by atoms with Gasteiger partial charge in [0.25, 0.3) is 11.6 Å². The van der Waals surface area contributed by atoms with Gasteiger partial charge in [0, 0.05) is 29.8 Å². The highest BCUT2D eigenvalue weighted by Crippen LogP contribution is 2.28. The number of hydrogen-bond acceptors (Lipinski definition) is 7. The number of aryl methyl sites for hydroxylation is 1. The van der Waals surface area contributed by atoms with Gasteiger partial charge in [-0.3, -0.25) is 19.7 Å². The van der Waals surface area contributed by atoms with Gasteiger partial charge in [-0.05, 0) is 62.6 Å². The summed E-state index contributed by atoms with van der Waals surface area (Å²) in [5, 5.41) is 11.4. The molecule has 3 rings (SSSR count). The largest absolute Gasteiger partial charge is 0.493 e. The van der Waals surface area contributed by atoms with Crippen LogP contribution in [0, 0.1) is 17.0 Å². The van der Waals surface area contributed by atoms with Crippen molar-refractivity contribution in [3.8, 4) is 11.5 Å². The summed E-state index contributed by atoms with van der Waals surface area (Å²) in [7, 11) is 3.14. The van der Waals surface area contributed by atoms with Crippen molar-refractivity contribution in [1.82, 2.24) is 9.80 Å². The minimum atomic E-state index is -0.510. The first kappa shape index (κ1) is 29.2. The van der Waals surface area contributed by atoms with Crippen LogP contribution in [0.3, 0.4) is 0 Å². The number of furan rings is 1. The van der Waals surface area contributed by atoms with Crippen molar-refractivity contribution in [3.63, 3.8) is 0 Å². The van der Waals surface area contributed by atoms with Gasteiger partial charge in [-0.2, -0.15) is 0 Å². The first-order valence-corrected chi connectivity index (χ1v) is 12.8. The molecule has 0 saturated carbocycles. The normalized spacial score (nSPS) is 11.5. The quantitative estimate of drug-likeness (QED) is 0.222. The van der Waals surface area contributed by atoms with Gasteiger partial charge >= 0.3 is 0 Å². The van der Waals surface area contributed by atoms with Crippen LogP contribution < -0.4 is 9.47 Å². The van der Waals surface area contributed by atoms with E-state index in [0.717, 1.165) is 5.56 Å². The molecule has 1 aromatic heterocycles. The maximum atomic E-state index is 13.6. The summed E-state index contributed by atoms with van der Waals surface area (Å²) >= 11 is 0. The molecule has 208 valence electrons. The number of nitrogens with zero attached hydrogens (tertiary/aromatic N) is 3. The van der Waals surface area contributed by atoms with Crippen molar-refractivity contribution < 1.29 is 28.4 Å². The predicted octanol–water partition coefficient (Wildman–Crippen LogP) is 5.03. The number of carbonyl (C=O) groups excluding carboxylic acids is 2. The number of carbonyl (C=O) groups is 2. The lowest BCUT2D eigenvalue weighted by atomic mass is 10.1. The average Bonchev–Trinajstić information content (AvgIpc) is 3.46. The highest BCUT2D eigenvalue weighted by Gasteiger charge is 2.27. The second-order valence-electron chi connectivity index (χ2n) is 9.28. The van der Waals surface area contributed by atoms with Crippen molar-refractivity contribution in [3.05, 3.63) is 87.4 Å². The van der Waals surface area contributed by atoms with E-state index in [1.165, 1.54) is 11.0 Å². The van der Waals surface area contributed by atoms with Gasteiger partial charge in [0.15, 0.2) is 11.5 Å². The molecule has 1 atom stereocenters. The van der Waals surface area contributed by atoms with E-state index in [4.69, 9.17) is 13.9 Å². The van der Waals surface area contributed by atoms with Crippen molar-refractivity contribution in [1.29, 1.82) is 0 Å². The van der Waals surface area contributed by atoms with Crippen LogP contribution in [0.1, 0.15) is 47.5 Å². The van der Waals surface area contributed by atoms with Crippen LogP contribution >= 0.6 is 0 Å². The summed E-state index contributed by atoms with van der Waals surface area (Å²) in [6.07, 6.45) is 2.69. The minimum absolute atomic E-state index is 0.134. The van der Waals surface area contributed by atoms with E-state index in [1.54, 1.807) is 56.6 Å². The second kappa shape index (κ2) is 13.5. The number of nitro groups is 1. The number of nitro benzene ring substituents is 1. The molecule has 2 aromatic carbocycles. The third-order valence-corrected chi connectivity index (χ3v) is 6.74. The Morgan fingerprint density at radius 1 is 1.08 bits per heavy atom. The van der Waals surface area contributed by atoms with Crippen LogP contribution in [0.25, 0.3) is 0 Å². The van der Waals surface area contributed by atoms with Crippen LogP contribution in [-0.2, 0) is 17.8 Å². The Morgan fingerprint density at radius 3 is 2.44 bits per heavy atom. The molecule has 0 radical (unpaired) electrons. The standard InChI is InChI=1S/C29H35N3O7/c1-6-21(3)31(29(34)23-11-9-20(2)25(17-23)32(35)36)19-28(33)30(18-24-8-7-15-39-24)14-13-22-10-12-26(37-4)27(16-22)38-5/h7-12,15-17,21H,6,13-14,18-19H2,1-5H3. The van der Waals surface area contributed by atoms with Gasteiger partial charge in [0.1, 0.15) is 12.3 Å². The van der Waals surface area contributed by atoms with Crippen molar-refractivity contribution in [2.75, 3.05) is 27.3 Å².